The van der Waals surface area contributed by atoms with E-state index in [1.165, 1.54) is 10.8 Å². The molecule has 0 bridgehead atoms. The second kappa shape index (κ2) is 10.0. The number of rotatable bonds is 7. The van der Waals surface area contributed by atoms with E-state index in [1.807, 2.05) is 0 Å². The van der Waals surface area contributed by atoms with Gasteiger partial charge in [-0.05, 0) is 38.4 Å². The molecule has 2 heterocycles. The predicted molar refractivity (Wildman–Crippen MR) is 127 cm³/mol. The number of likely N-dealkylation sites (N-methyl/N-ethyl adjacent to an activating group) is 1. The highest BCUT2D eigenvalue weighted by atomic mass is 19.4. The first-order chi connectivity index (χ1) is 17.4. The lowest BCUT2D eigenvalue weighted by Crippen LogP contribution is -2.27. The monoisotopic (exact) mass is 520 g/mol. The van der Waals surface area contributed by atoms with E-state index in [9.17, 15) is 26.7 Å². The number of anilines is 3. The zero-order valence-corrected chi connectivity index (χ0v) is 19.8. The van der Waals surface area contributed by atoms with Gasteiger partial charge < -0.3 is 24.8 Å². The Kier molecular flexibility index (Phi) is 6.99. The largest absolute Gasteiger partial charge is 0.457 e. The van der Waals surface area contributed by atoms with Crippen LogP contribution in [0.4, 0.5) is 39.4 Å². The van der Waals surface area contributed by atoms with Crippen molar-refractivity contribution in [3.05, 3.63) is 65.9 Å². The molecule has 0 saturated heterocycles. The topological polar surface area (TPSA) is 84.3 Å². The van der Waals surface area contributed by atoms with Crippen LogP contribution in [0.1, 0.15) is 5.56 Å². The van der Waals surface area contributed by atoms with E-state index in [0.29, 0.717) is 34.4 Å². The quantitative estimate of drug-likeness (QED) is 0.322. The summed E-state index contributed by atoms with van der Waals surface area (Å²) in [6.45, 7) is 0.179. The summed E-state index contributed by atoms with van der Waals surface area (Å²) in [7, 11) is 5.10. The minimum atomic E-state index is -4.99. The van der Waals surface area contributed by atoms with Crippen molar-refractivity contribution in [3.8, 4) is 11.5 Å². The summed E-state index contributed by atoms with van der Waals surface area (Å²) in [4.78, 5) is 22.1. The molecule has 0 radical (unpaired) electrons. The average Bonchev–Trinajstić information content (AvgIpc) is 3.09. The van der Waals surface area contributed by atoms with E-state index in [0.717, 1.165) is 0 Å². The standard InChI is InChI=1S/C24H21F5N6O2/c1-34(2)12-22(36)33-21-9-14(6-7-30-21)37-13-4-5-20-19(8-13)32-23(35(20)3)31-18-10-15(24(27,28)29)16(25)11-17(18)26/h4-11H,12H2,1-3H3,(H,31,32)(H,30,33,36). The number of benzene rings is 2. The summed E-state index contributed by atoms with van der Waals surface area (Å²) in [6.07, 6.45) is -3.52. The van der Waals surface area contributed by atoms with E-state index in [-0.39, 0.29) is 24.5 Å². The Labute approximate surface area is 207 Å². The fourth-order valence-electron chi connectivity index (χ4n) is 3.49. The molecule has 0 aliphatic carbocycles. The van der Waals surface area contributed by atoms with Gasteiger partial charge in [0, 0.05) is 31.4 Å². The third-order valence-corrected chi connectivity index (χ3v) is 5.16. The van der Waals surface area contributed by atoms with E-state index in [1.54, 1.807) is 56.4 Å². The number of nitrogens with zero attached hydrogens (tertiary/aromatic N) is 4. The Bertz CT molecular complexity index is 1470. The van der Waals surface area contributed by atoms with Crippen LogP contribution in [-0.2, 0) is 18.0 Å². The predicted octanol–water partition coefficient (Wildman–Crippen LogP) is 5.30. The zero-order chi connectivity index (χ0) is 26.9. The number of carbonyl (C=O) groups excluding carboxylic acids is 1. The summed E-state index contributed by atoms with van der Waals surface area (Å²) in [5.41, 5.74) is -1.21. The molecule has 13 heteroatoms. The van der Waals surface area contributed by atoms with Gasteiger partial charge in [-0.1, -0.05) is 0 Å². The van der Waals surface area contributed by atoms with Gasteiger partial charge in [0.1, 0.15) is 29.0 Å². The molecule has 2 aromatic carbocycles. The molecule has 1 amide bonds. The van der Waals surface area contributed by atoms with Crippen LogP contribution in [0.25, 0.3) is 11.0 Å². The number of nitrogens with one attached hydrogen (secondary N) is 2. The molecule has 0 aliphatic heterocycles. The molecule has 0 spiro atoms. The maximum atomic E-state index is 14.2. The van der Waals surface area contributed by atoms with E-state index in [4.69, 9.17) is 4.74 Å². The van der Waals surface area contributed by atoms with Crippen LogP contribution in [0.3, 0.4) is 0 Å². The fourth-order valence-corrected chi connectivity index (χ4v) is 3.49. The molecule has 2 N–H and O–H groups in total. The lowest BCUT2D eigenvalue weighted by molar-refractivity contribution is -0.140. The number of pyridine rings is 1. The summed E-state index contributed by atoms with van der Waals surface area (Å²) in [5, 5.41) is 5.16. The van der Waals surface area contributed by atoms with Crippen LogP contribution in [0.15, 0.2) is 48.7 Å². The van der Waals surface area contributed by atoms with Crippen molar-refractivity contribution in [3.63, 3.8) is 0 Å². The van der Waals surface area contributed by atoms with Crippen molar-refractivity contribution in [2.24, 2.45) is 7.05 Å². The number of aromatic nitrogens is 3. The van der Waals surface area contributed by atoms with Crippen LogP contribution in [-0.4, -0.2) is 46.0 Å². The highest BCUT2D eigenvalue weighted by molar-refractivity contribution is 5.91. The normalized spacial score (nSPS) is 11.7. The van der Waals surface area contributed by atoms with E-state index >= 15 is 0 Å². The molecule has 194 valence electrons. The number of amides is 1. The van der Waals surface area contributed by atoms with Crippen LogP contribution < -0.4 is 15.4 Å². The number of ether oxygens (including phenoxy) is 1. The Morgan fingerprint density at radius 1 is 1.05 bits per heavy atom. The third-order valence-electron chi connectivity index (χ3n) is 5.16. The molecule has 8 nitrogen and oxygen atoms in total. The molecule has 0 fully saturated rings. The maximum absolute atomic E-state index is 14.2. The zero-order valence-electron chi connectivity index (χ0n) is 19.8. The SMILES string of the molecule is CN(C)CC(=O)Nc1cc(Oc2ccc3c(c2)nc(Nc2cc(C(F)(F)F)c(F)cc2F)n3C)ccn1. The number of hydrogen-bond donors (Lipinski definition) is 2. The van der Waals surface area contributed by atoms with Crippen molar-refractivity contribution in [2.45, 2.75) is 6.18 Å². The summed E-state index contributed by atoms with van der Waals surface area (Å²) in [5.74, 6) is -2.07. The molecule has 37 heavy (non-hydrogen) atoms. The van der Waals surface area contributed by atoms with Crippen molar-refractivity contribution < 1.29 is 31.5 Å². The maximum Gasteiger partial charge on any atom is 0.419 e. The second-order valence-electron chi connectivity index (χ2n) is 8.34. The molecule has 0 saturated carbocycles. The Hall–Kier alpha value is -4.26. The molecule has 4 rings (SSSR count). The minimum absolute atomic E-state index is 0.0283. The van der Waals surface area contributed by atoms with Gasteiger partial charge in [-0.2, -0.15) is 13.2 Å². The number of halogens is 5. The smallest absolute Gasteiger partial charge is 0.419 e. The Balaban J connectivity index is 1.56. The molecule has 0 atom stereocenters. The van der Waals surface area contributed by atoms with Gasteiger partial charge in [0.25, 0.3) is 0 Å². The summed E-state index contributed by atoms with van der Waals surface area (Å²) >= 11 is 0. The van der Waals surface area contributed by atoms with Crippen molar-refractivity contribution >= 4 is 34.4 Å². The minimum Gasteiger partial charge on any atom is -0.457 e. The molecule has 0 unspecified atom stereocenters. The van der Waals surface area contributed by atoms with Gasteiger partial charge >= 0.3 is 6.18 Å². The van der Waals surface area contributed by atoms with Crippen LogP contribution in [0.2, 0.25) is 0 Å². The fraction of sp³-hybridized carbons (Fsp3) is 0.208. The Morgan fingerprint density at radius 2 is 1.78 bits per heavy atom. The molecule has 2 aromatic heterocycles. The first-order valence-corrected chi connectivity index (χ1v) is 10.8. The summed E-state index contributed by atoms with van der Waals surface area (Å²) in [6, 6.07) is 8.53. The van der Waals surface area contributed by atoms with Gasteiger partial charge in [0.05, 0.1) is 28.8 Å². The lowest BCUT2D eigenvalue weighted by atomic mass is 10.1. The number of carbonyl (C=O) groups is 1. The number of hydrogen-bond acceptors (Lipinski definition) is 6. The molecular formula is C24H21F5N6O2. The van der Waals surface area contributed by atoms with Crippen LogP contribution >= 0.6 is 0 Å². The second-order valence-corrected chi connectivity index (χ2v) is 8.34. The van der Waals surface area contributed by atoms with Gasteiger partial charge in [-0.15, -0.1) is 0 Å². The van der Waals surface area contributed by atoms with Gasteiger partial charge in [0.15, 0.2) is 0 Å². The van der Waals surface area contributed by atoms with Gasteiger partial charge in [0.2, 0.25) is 11.9 Å². The van der Waals surface area contributed by atoms with Crippen molar-refractivity contribution in [2.75, 3.05) is 31.3 Å². The lowest BCUT2D eigenvalue weighted by Gasteiger charge is -2.12. The number of imidazole rings is 1. The van der Waals surface area contributed by atoms with E-state index in [2.05, 4.69) is 20.6 Å². The van der Waals surface area contributed by atoms with Crippen LogP contribution in [0.5, 0.6) is 11.5 Å². The van der Waals surface area contributed by atoms with Crippen LogP contribution in [0, 0.1) is 11.6 Å². The Morgan fingerprint density at radius 3 is 2.49 bits per heavy atom. The van der Waals surface area contributed by atoms with E-state index < -0.39 is 29.1 Å². The third kappa shape index (κ3) is 5.94. The summed E-state index contributed by atoms with van der Waals surface area (Å²) < 4.78 is 74.3. The highest BCUT2D eigenvalue weighted by Gasteiger charge is 2.35. The first-order valence-electron chi connectivity index (χ1n) is 10.8. The highest BCUT2D eigenvalue weighted by Crippen LogP contribution is 2.35. The number of fused-ring (bicyclic) bond motifs is 1. The van der Waals surface area contributed by atoms with Gasteiger partial charge in [-0.25, -0.2) is 18.7 Å². The molecular weight excluding hydrogens is 499 g/mol. The molecule has 0 aliphatic rings. The van der Waals surface area contributed by atoms with Gasteiger partial charge in [-0.3, -0.25) is 4.79 Å². The first kappa shape index (κ1) is 25.8. The number of aryl methyl sites for hydroxylation is 1. The average molecular weight is 520 g/mol. The van der Waals surface area contributed by atoms with Crippen molar-refractivity contribution in [1.82, 2.24) is 19.4 Å². The molecule has 4 aromatic rings. The number of alkyl halides is 3. The van der Waals surface area contributed by atoms with Crippen molar-refractivity contribution in [1.29, 1.82) is 0 Å².